The van der Waals surface area contributed by atoms with Gasteiger partial charge in [-0.25, -0.2) is 0 Å². The first-order chi connectivity index (χ1) is 8.58. The highest BCUT2D eigenvalue weighted by Crippen LogP contribution is 2.28. The molecule has 2 atom stereocenters. The number of hydrogen-bond acceptors (Lipinski definition) is 4. The van der Waals surface area contributed by atoms with Gasteiger partial charge in [0.2, 0.25) is 0 Å². The van der Waals surface area contributed by atoms with E-state index in [-0.39, 0.29) is 6.42 Å². The van der Waals surface area contributed by atoms with E-state index < -0.39 is 22.8 Å². The van der Waals surface area contributed by atoms with Crippen molar-refractivity contribution in [1.82, 2.24) is 0 Å². The predicted octanol–water partition coefficient (Wildman–Crippen LogP) is 2.67. The van der Waals surface area contributed by atoms with Crippen LogP contribution in [0.1, 0.15) is 18.4 Å². The fraction of sp³-hybridized carbons (Fsp3) is 0.400. The minimum Gasteiger partial charge on any atom is -0.133 e. The zero-order valence-electron chi connectivity index (χ0n) is 9.51. The third kappa shape index (κ3) is 6.87. The Balaban J connectivity index is 2.37. The van der Waals surface area contributed by atoms with E-state index in [4.69, 9.17) is 9.79 Å². The topological polar surface area (TPSA) is 93.1 Å². The van der Waals surface area contributed by atoms with Crippen molar-refractivity contribution in [3.8, 4) is 0 Å². The largest absolute Gasteiger partial charge is 0.697 e. The van der Waals surface area contributed by atoms with E-state index >= 15 is 0 Å². The molecule has 0 fully saturated rings. The molecule has 0 aliphatic carbocycles. The van der Waals surface area contributed by atoms with E-state index in [9.17, 15) is 9.13 Å². The Morgan fingerprint density at radius 3 is 2.11 bits per heavy atom. The number of hydrogen-bond donors (Lipinski definition) is 2. The summed E-state index contributed by atoms with van der Waals surface area (Å²) in [4.78, 5) is 17.2. The van der Waals surface area contributed by atoms with Crippen LogP contribution in [0.4, 0.5) is 0 Å². The normalized spacial score (nSPS) is 14.1. The van der Waals surface area contributed by atoms with E-state index in [2.05, 4.69) is 9.05 Å². The number of benzene rings is 1. The number of aryl methyl sites for hydroxylation is 1. The second kappa shape index (κ2) is 8.38. The Morgan fingerprint density at radius 1 is 1.06 bits per heavy atom. The smallest absolute Gasteiger partial charge is 0.133 e. The van der Waals surface area contributed by atoms with Crippen LogP contribution in [-0.4, -0.2) is 16.1 Å². The van der Waals surface area contributed by atoms with Gasteiger partial charge in [0.25, 0.3) is 6.29 Å². The molecular weight excluding hydrogens is 278 g/mol. The van der Waals surface area contributed by atoms with Gasteiger partial charge in [0.05, 0.1) is 0 Å². The molecule has 8 heteroatoms. The first-order valence-corrected chi connectivity index (χ1v) is 7.53. The SMILES string of the molecule is O=[P+](O)OC(CCCc1ccccc1)O[P+](=O)O. The summed E-state index contributed by atoms with van der Waals surface area (Å²) in [7, 11) is -5.71. The molecule has 0 saturated heterocycles. The van der Waals surface area contributed by atoms with Crippen LogP contribution in [-0.2, 0) is 24.6 Å². The monoisotopic (exact) mass is 292 g/mol. The van der Waals surface area contributed by atoms with Gasteiger partial charge in [-0.15, -0.1) is 9.79 Å². The molecular formula is C10H14O6P2+2. The summed E-state index contributed by atoms with van der Waals surface area (Å²) in [6, 6.07) is 9.64. The average Bonchev–Trinajstić information content (AvgIpc) is 2.28. The molecule has 0 spiro atoms. The maximum absolute atomic E-state index is 10.5. The molecule has 0 aliphatic heterocycles. The van der Waals surface area contributed by atoms with Gasteiger partial charge in [0.15, 0.2) is 0 Å². The van der Waals surface area contributed by atoms with Crippen molar-refractivity contribution in [2.24, 2.45) is 0 Å². The molecule has 2 unspecified atom stereocenters. The lowest BCUT2D eigenvalue weighted by atomic mass is 10.1. The van der Waals surface area contributed by atoms with Gasteiger partial charge in [-0.1, -0.05) is 39.4 Å². The van der Waals surface area contributed by atoms with Gasteiger partial charge in [0, 0.05) is 15.6 Å². The van der Waals surface area contributed by atoms with Crippen molar-refractivity contribution >= 4 is 16.5 Å². The van der Waals surface area contributed by atoms with Crippen molar-refractivity contribution in [2.75, 3.05) is 0 Å². The molecule has 0 bridgehead atoms. The maximum Gasteiger partial charge on any atom is 0.697 e. The van der Waals surface area contributed by atoms with Gasteiger partial charge < -0.3 is 0 Å². The zero-order chi connectivity index (χ0) is 13.4. The van der Waals surface area contributed by atoms with E-state index in [1.165, 1.54) is 0 Å². The van der Waals surface area contributed by atoms with E-state index in [1.807, 2.05) is 30.3 Å². The van der Waals surface area contributed by atoms with Gasteiger partial charge in [-0.2, -0.15) is 0 Å². The lowest BCUT2D eigenvalue weighted by Gasteiger charge is -2.03. The Morgan fingerprint density at radius 2 is 1.61 bits per heavy atom. The average molecular weight is 292 g/mol. The summed E-state index contributed by atoms with van der Waals surface area (Å²) in [5.74, 6) is 0. The summed E-state index contributed by atoms with van der Waals surface area (Å²) in [6.07, 6.45) is 0.462. The van der Waals surface area contributed by atoms with Crippen molar-refractivity contribution in [1.29, 1.82) is 0 Å². The fourth-order valence-electron chi connectivity index (χ4n) is 1.44. The molecule has 18 heavy (non-hydrogen) atoms. The molecule has 1 aromatic carbocycles. The summed E-state index contributed by atoms with van der Waals surface area (Å²) >= 11 is 0. The van der Waals surface area contributed by atoms with E-state index in [0.717, 1.165) is 12.0 Å². The zero-order valence-corrected chi connectivity index (χ0v) is 11.3. The minimum atomic E-state index is -2.86. The number of rotatable bonds is 8. The summed E-state index contributed by atoms with van der Waals surface area (Å²) in [5, 5.41) is 0. The van der Waals surface area contributed by atoms with Crippen molar-refractivity contribution in [2.45, 2.75) is 25.6 Å². The Kier molecular flexibility index (Phi) is 7.13. The van der Waals surface area contributed by atoms with Gasteiger partial charge >= 0.3 is 16.5 Å². The molecule has 6 nitrogen and oxygen atoms in total. The Hall–Kier alpha value is -0.740. The van der Waals surface area contributed by atoms with Crippen molar-refractivity contribution < 1.29 is 28.0 Å². The molecule has 0 aromatic heterocycles. The van der Waals surface area contributed by atoms with Crippen molar-refractivity contribution in [3.63, 3.8) is 0 Å². The molecule has 0 heterocycles. The quantitative estimate of drug-likeness (QED) is 0.565. The Bertz CT molecular complexity index is 381. The summed E-state index contributed by atoms with van der Waals surface area (Å²) < 4.78 is 30.0. The molecule has 0 amide bonds. The van der Waals surface area contributed by atoms with Gasteiger partial charge in [-0.3, -0.25) is 0 Å². The molecule has 1 aromatic rings. The fourth-order valence-corrected chi connectivity index (χ4v) is 2.21. The van der Waals surface area contributed by atoms with Crippen LogP contribution in [0, 0.1) is 0 Å². The first kappa shape index (κ1) is 15.3. The third-order valence-electron chi connectivity index (χ3n) is 2.16. The Labute approximate surface area is 106 Å². The van der Waals surface area contributed by atoms with Gasteiger partial charge in [-0.05, 0) is 18.4 Å². The first-order valence-electron chi connectivity index (χ1n) is 5.27. The van der Waals surface area contributed by atoms with Gasteiger partial charge in [0.1, 0.15) is 0 Å². The lowest BCUT2D eigenvalue weighted by molar-refractivity contribution is -0.00482. The highest BCUT2D eigenvalue weighted by molar-refractivity contribution is 7.32. The summed E-state index contributed by atoms with van der Waals surface area (Å²) in [6.45, 7) is 0. The van der Waals surface area contributed by atoms with Crippen LogP contribution in [0.15, 0.2) is 30.3 Å². The highest BCUT2D eigenvalue weighted by Gasteiger charge is 2.31. The predicted molar refractivity (Wildman–Crippen MR) is 65.0 cm³/mol. The van der Waals surface area contributed by atoms with Crippen LogP contribution in [0.2, 0.25) is 0 Å². The van der Waals surface area contributed by atoms with Crippen LogP contribution in [0.5, 0.6) is 0 Å². The molecule has 98 valence electrons. The highest BCUT2D eigenvalue weighted by atomic mass is 31.1. The summed E-state index contributed by atoms with van der Waals surface area (Å²) in [5.41, 5.74) is 1.11. The van der Waals surface area contributed by atoms with Crippen LogP contribution in [0.25, 0.3) is 0 Å². The maximum atomic E-state index is 10.5. The standard InChI is InChI=1S/C10H12O6P2/c11-17(12)15-10(16-18(13)14)8-4-7-9-5-2-1-3-6-9/h1-3,5-6,10H,4,7-8H2/p+2. The second-order valence-corrected chi connectivity index (χ2v) is 4.87. The van der Waals surface area contributed by atoms with Crippen LogP contribution < -0.4 is 0 Å². The molecule has 0 radical (unpaired) electrons. The van der Waals surface area contributed by atoms with E-state index in [1.54, 1.807) is 0 Å². The lowest BCUT2D eigenvalue weighted by Crippen LogP contribution is -2.10. The minimum absolute atomic E-state index is 0.262. The molecule has 1 rings (SSSR count). The second-order valence-electron chi connectivity index (χ2n) is 3.49. The third-order valence-corrected chi connectivity index (χ3v) is 2.99. The van der Waals surface area contributed by atoms with Crippen molar-refractivity contribution in [3.05, 3.63) is 35.9 Å². The van der Waals surface area contributed by atoms with Crippen LogP contribution >= 0.6 is 16.5 Å². The molecule has 0 aliphatic rings. The molecule has 2 N–H and O–H groups in total. The van der Waals surface area contributed by atoms with E-state index in [0.29, 0.717) is 6.42 Å². The molecule has 0 saturated carbocycles. The van der Waals surface area contributed by atoms with Crippen LogP contribution in [0.3, 0.4) is 0 Å².